The summed E-state index contributed by atoms with van der Waals surface area (Å²) in [7, 11) is 0. The summed E-state index contributed by atoms with van der Waals surface area (Å²) in [5, 5.41) is 14.9. The highest BCUT2D eigenvalue weighted by Gasteiger charge is 2.23. The molecule has 0 unspecified atom stereocenters. The van der Waals surface area contributed by atoms with Crippen LogP contribution in [0, 0.1) is 5.92 Å². The number of benzene rings is 1. The second-order valence-corrected chi connectivity index (χ2v) is 6.70. The lowest BCUT2D eigenvalue weighted by molar-refractivity contribution is -0.124. The molecule has 1 heterocycles. The molecule has 2 aromatic rings. The SMILES string of the molecule is O=C(N[C@@H](CO)C(=O)NCC1CCCCC1)c1cnc2ccccc2n1. The number of hydrogen-bond acceptors (Lipinski definition) is 5. The minimum absolute atomic E-state index is 0.113. The number of rotatable bonds is 6. The van der Waals surface area contributed by atoms with E-state index in [0.29, 0.717) is 23.5 Å². The number of hydrogen-bond donors (Lipinski definition) is 3. The van der Waals surface area contributed by atoms with Crippen LogP contribution in [0.3, 0.4) is 0 Å². The molecule has 0 spiro atoms. The fraction of sp³-hybridized carbons (Fsp3) is 0.474. The van der Waals surface area contributed by atoms with Gasteiger partial charge in [0, 0.05) is 6.54 Å². The Morgan fingerprint density at radius 1 is 1.15 bits per heavy atom. The van der Waals surface area contributed by atoms with Gasteiger partial charge < -0.3 is 15.7 Å². The zero-order valence-electron chi connectivity index (χ0n) is 14.6. The summed E-state index contributed by atoms with van der Waals surface area (Å²) in [5.74, 6) is -0.426. The fourth-order valence-electron chi connectivity index (χ4n) is 3.25. The van der Waals surface area contributed by atoms with Crippen LogP contribution in [0.4, 0.5) is 0 Å². The number of nitrogens with one attached hydrogen (secondary N) is 2. The van der Waals surface area contributed by atoms with Crippen LogP contribution in [0.15, 0.2) is 30.5 Å². The Morgan fingerprint density at radius 2 is 1.88 bits per heavy atom. The van der Waals surface area contributed by atoms with Gasteiger partial charge in [-0.05, 0) is 30.9 Å². The van der Waals surface area contributed by atoms with Gasteiger partial charge >= 0.3 is 0 Å². The second-order valence-electron chi connectivity index (χ2n) is 6.70. The van der Waals surface area contributed by atoms with Crippen LogP contribution in [0.1, 0.15) is 42.6 Å². The number of nitrogens with zero attached hydrogens (tertiary/aromatic N) is 2. The second kappa shape index (κ2) is 8.71. The van der Waals surface area contributed by atoms with E-state index in [1.165, 1.54) is 25.5 Å². The van der Waals surface area contributed by atoms with E-state index in [9.17, 15) is 14.7 Å². The van der Waals surface area contributed by atoms with E-state index in [0.717, 1.165) is 12.8 Å². The van der Waals surface area contributed by atoms with Gasteiger partial charge in [-0.15, -0.1) is 0 Å². The van der Waals surface area contributed by atoms with E-state index >= 15 is 0 Å². The summed E-state index contributed by atoms with van der Waals surface area (Å²) in [4.78, 5) is 33.1. The molecule has 2 amide bonds. The lowest BCUT2D eigenvalue weighted by Gasteiger charge is -2.23. The smallest absolute Gasteiger partial charge is 0.272 e. The predicted octanol–water partition coefficient (Wildman–Crippen LogP) is 1.42. The number of carbonyl (C=O) groups is 2. The average molecular weight is 356 g/mol. The van der Waals surface area contributed by atoms with Crippen molar-refractivity contribution in [3.05, 3.63) is 36.2 Å². The van der Waals surface area contributed by atoms with Crippen molar-refractivity contribution in [3.63, 3.8) is 0 Å². The Labute approximate surface area is 152 Å². The lowest BCUT2D eigenvalue weighted by atomic mass is 9.89. The molecule has 0 bridgehead atoms. The number of amides is 2. The van der Waals surface area contributed by atoms with E-state index in [4.69, 9.17) is 0 Å². The first-order valence-corrected chi connectivity index (χ1v) is 9.08. The monoisotopic (exact) mass is 356 g/mol. The maximum absolute atomic E-state index is 12.4. The van der Waals surface area contributed by atoms with Crippen LogP contribution in [0.2, 0.25) is 0 Å². The highest BCUT2D eigenvalue weighted by molar-refractivity contribution is 5.97. The van der Waals surface area contributed by atoms with E-state index in [1.54, 1.807) is 12.1 Å². The molecule has 1 aliphatic carbocycles. The van der Waals surface area contributed by atoms with E-state index < -0.39 is 18.6 Å². The molecule has 1 fully saturated rings. The standard InChI is InChI=1S/C19H24N4O3/c24-12-17(18(25)21-10-13-6-2-1-3-7-13)23-19(26)16-11-20-14-8-4-5-9-15(14)22-16/h4-5,8-9,11,13,17,24H,1-3,6-7,10,12H2,(H,21,25)(H,23,26)/t17-/m0/s1. The molecule has 138 valence electrons. The molecule has 3 rings (SSSR count). The quantitative estimate of drug-likeness (QED) is 0.726. The molecule has 26 heavy (non-hydrogen) atoms. The Balaban J connectivity index is 1.58. The van der Waals surface area contributed by atoms with E-state index in [1.807, 2.05) is 12.1 Å². The molecule has 0 saturated heterocycles. The topological polar surface area (TPSA) is 104 Å². The first kappa shape index (κ1) is 18.3. The minimum Gasteiger partial charge on any atom is -0.394 e. The third-order valence-corrected chi connectivity index (χ3v) is 4.78. The first-order chi connectivity index (χ1) is 12.7. The van der Waals surface area contributed by atoms with Crippen LogP contribution in [0.5, 0.6) is 0 Å². The lowest BCUT2D eigenvalue weighted by Crippen LogP contribution is -2.50. The summed E-state index contributed by atoms with van der Waals surface area (Å²) >= 11 is 0. The largest absolute Gasteiger partial charge is 0.394 e. The van der Waals surface area contributed by atoms with Crippen molar-refractivity contribution < 1.29 is 14.7 Å². The van der Waals surface area contributed by atoms with Crippen molar-refractivity contribution >= 4 is 22.8 Å². The fourth-order valence-corrected chi connectivity index (χ4v) is 3.25. The van der Waals surface area contributed by atoms with Crippen LogP contribution < -0.4 is 10.6 Å². The molecule has 1 aliphatic rings. The number of aliphatic hydroxyl groups is 1. The van der Waals surface area contributed by atoms with Crippen LogP contribution in [-0.2, 0) is 4.79 Å². The molecule has 7 nitrogen and oxygen atoms in total. The molecule has 3 N–H and O–H groups in total. The third-order valence-electron chi connectivity index (χ3n) is 4.78. The molecule has 1 aromatic carbocycles. The van der Waals surface area contributed by atoms with Gasteiger partial charge in [0.2, 0.25) is 5.91 Å². The molecular formula is C19H24N4O3. The van der Waals surface area contributed by atoms with Gasteiger partial charge in [-0.25, -0.2) is 4.98 Å². The summed E-state index contributed by atoms with van der Waals surface area (Å²) in [6, 6.07) is 6.22. The number of fused-ring (bicyclic) bond motifs is 1. The summed E-state index contributed by atoms with van der Waals surface area (Å²) in [6.45, 7) is 0.115. The van der Waals surface area contributed by atoms with E-state index in [-0.39, 0.29) is 11.6 Å². The van der Waals surface area contributed by atoms with Gasteiger partial charge in [0.05, 0.1) is 23.8 Å². The van der Waals surface area contributed by atoms with Gasteiger partial charge in [0.1, 0.15) is 11.7 Å². The number of aliphatic hydroxyl groups excluding tert-OH is 1. The van der Waals surface area contributed by atoms with Gasteiger partial charge in [-0.3, -0.25) is 14.6 Å². The van der Waals surface area contributed by atoms with Gasteiger partial charge in [0.15, 0.2) is 0 Å². The Hall–Kier alpha value is -2.54. The average Bonchev–Trinajstić information content (AvgIpc) is 2.70. The molecular weight excluding hydrogens is 332 g/mol. The molecule has 1 atom stereocenters. The normalized spacial score (nSPS) is 16.2. The van der Waals surface area contributed by atoms with Crippen molar-refractivity contribution in [2.24, 2.45) is 5.92 Å². The first-order valence-electron chi connectivity index (χ1n) is 9.08. The van der Waals surface area contributed by atoms with Crippen molar-refractivity contribution in [3.8, 4) is 0 Å². The maximum Gasteiger partial charge on any atom is 0.272 e. The Kier molecular flexibility index (Phi) is 6.12. The Morgan fingerprint density at radius 3 is 2.62 bits per heavy atom. The van der Waals surface area contributed by atoms with Crippen molar-refractivity contribution in [2.45, 2.75) is 38.1 Å². The number of aromatic nitrogens is 2. The highest BCUT2D eigenvalue weighted by Crippen LogP contribution is 2.22. The zero-order valence-corrected chi connectivity index (χ0v) is 14.6. The van der Waals surface area contributed by atoms with Crippen LogP contribution in [0.25, 0.3) is 11.0 Å². The zero-order chi connectivity index (χ0) is 18.4. The highest BCUT2D eigenvalue weighted by atomic mass is 16.3. The van der Waals surface area contributed by atoms with E-state index in [2.05, 4.69) is 20.6 Å². The molecule has 1 saturated carbocycles. The number of para-hydroxylation sites is 2. The van der Waals surface area contributed by atoms with Crippen molar-refractivity contribution in [1.29, 1.82) is 0 Å². The van der Waals surface area contributed by atoms with Gasteiger partial charge in [-0.1, -0.05) is 31.4 Å². The molecule has 7 heteroatoms. The molecule has 0 aliphatic heterocycles. The summed E-state index contributed by atoms with van der Waals surface area (Å²) in [5.41, 5.74) is 1.40. The minimum atomic E-state index is -1.00. The predicted molar refractivity (Wildman–Crippen MR) is 97.5 cm³/mol. The summed E-state index contributed by atoms with van der Waals surface area (Å²) < 4.78 is 0. The van der Waals surface area contributed by atoms with Crippen molar-refractivity contribution in [1.82, 2.24) is 20.6 Å². The summed E-state index contributed by atoms with van der Waals surface area (Å²) in [6.07, 6.45) is 7.24. The van der Waals surface area contributed by atoms with Crippen LogP contribution >= 0.6 is 0 Å². The molecule has 0 radical (unpaired) electrons. The molecule has 1 aromatic heterocycles. The number of carbonyl (C=O) groups excluding carboxylic acids is 2. The maximum atomic E-state index is 12.4. The Bertz CT molecular complexity index is 774. The van der Waals surface area contributed by atoms with Gasteiger partial charge in [0.25, 0.3) is 5.91 Å². The van der Waals surface area contributed by atoms with Crippen molar-refractivity contribution in [2.75, 3.05) is 13.2 Å². The van der Waals surface area contributed by atoms with Crippen LogP contribution in [-0.4, -0.2) is 46.1 Å². The van der Waals surface area contributed by atoms with Gasteiger partial charge in [-0.2, -0.15) is 0 Å². The third kappa shape index (κ3) is 4.54.